The molecule has 142 valence electrons. The lowest BCUT2D eigenvalue weighted by atomic mass is 10.0. The van der Waals surface area contributed by atoms with Crippen LogP contribution < -0.4 is 9.62 Å². The van der Waals surface area contributed by atoms with Crippen molar-refractivity contribution in [2.45, 2.75) is 37.5 Å². The fraction of sp³-hybridized carbons (Fsp3) is 0.350. The van der Waals surface area contributed by atoms with E-state index in [2.05, 4.69) is 4.72 Å². The van der Waals surface area contributed by atoms with Crippen molar-refractivity contribution in [2.75, 3.05) is 16.2 Å². The van der Waals surface area contributed by atoms with Gasteiger partial charge in [-0.05, 0) is 80.1 Å². The highest BCUT2D eigenvalue weighted by atomic mass is 32.2. The maximum absolute atomic E-state index is 13.4. The number of nitrogens with zero attached hydrogens (tertiary/aromatic N) is 1. The number of nitrogens with one attached hydrogen (secondary N) is 1. The summed E-state index contributed by atoms with van der Waals surface area (Å²) in [6.07, 6.45) is 3.58. The number of carbonyl (C=O) groups is 1. The van der Waals surface area contributed by atoms with Gasteiger partial charge in [0.05, 0.1) is 4.90 Å². The lowest BCUT2D eigenvalue weighted by Crippen LogP contribution is -2.36. The molecule has 2 aliphatic rings. The summed E-state index contributed by atoms with van der Waals surface area (Å²) in [4.78, 5) is 14.3. The summed E-state index contributed by atoms with van der Waals surface area (Å²) in [5.74, 6) is -0.120. The summed E-state index contributed by atoms with van der Waals surface area (Å²) < 4.78 is 41.2. The lowest BCUT2D eigenvalue weighted by Gasteiger charge is -2.30. The third kappa shape index (κ3) is 3.56. The van der Waals surface area contributed by atoms with Gasteiger partial charge in [0.15, 0.2) is 0 Å². The molecule has 1 fully saturated rings. The predicted octanol–water partition coefficient (Wildman–Crippen LogP) is 3.62. The van der Waals surface area contributed by atoms with E-state index >= 15 is 0 Å². The first-order chi connectivity index (χ1) is 12.8. The molecule has 1 amide bonds. The number of sulfonamides is 1. The van der Waals surface area contributed by atoms with Crippen molar-refractivity contribution in [1.82, 2.24) is 0 Å². The molecule has 0 unspecified atom stereocenters. The fourth-order valence-corrected chi connectivity index (χ4v) is 4.57. The van der Waals surface area contributed by atoms with E-state index in [0.29, 0.717) is 12.2 Å². The van der Waals surface area contributed by atoms with E-state index in [-0.39, 0.29) is 22.3 Å². The van der Waals surface area contributed by atoms with E-state index in [4.69, 9.17) is 0 Å². The molecule has 7 heteroatoms. The Balaban J connectivity index is 1.60. The molecule has 1 saturated carbocycles. The molecule has 2 aromatic carbocycles. The second-order valence-electron chi connectivity index (χ2n) is 7.23. The second kappa shape index (κ2) is 6.64. The van der Waals surface area contributed by atoms with Crippen LogP contribution in [0.3, 0.4) is 0 Å². The van der Waals surface area contributed by atoms with Crippen LogP contribution in [0.1, 0.15) is 30.4 Å². The van der Waals surface area contributed by atoms with E-state index in [9.17, 15) is 17.6 Å². The van der Waals surface area contributed by atoms with Gasteiger partial charge in [-0.2, -0.15) is 0 Å². The van der Waals surface area contributed by atoms with Crippen molar-refractivity contribution >= 4 is 27.3 Å². The largest absolute Gasteiger partial charge is 0.312 e. The van der Waals surface area contributed by atoms with E-state index in [1.807, 2.05) is 11.0 Å². The van der Waals surface area contributed by atoms with Crippen LogP contribution in [0.15, 0.2) is 41.3 Å². The van der Waals surface area contributed by atoms with Crippen LogP contribution >= 0.6 is 0 Å². The minimum absolute atomic E-state index is 0.0182. The molecular formula is C20H21FN2O3S. The topological polar surface area (TPSA) is 66.5 Å². The first kappa shape index (κ1) is 18.0. The number of hydrogen-bond donors (Lipinski definition) is 1. The molecule has 1 aliphatic carbocycles. The quantitative estimate of drug-likeness (QED) is 0.870. The van der Waals surface area contributed by atoms with Gasteiger partial charge < -0.3 is 4.90 Å². The molecule has 1 heterocycles. The molecule has 0 aromatic heterocycles. The Morgan fingerprint density at radius 3 is 2.67 bits per heavy atom. The van der Waals surface area contributed by atoms with Crippen molar-refractivity contribution in [3.63, 3.8) is 0 Å². The molecule has 1 N–H and O–H groups in total. The predicted molar refractivity (Wildman–Crippen MR) is 102 cm³/mol. The van der Waals surface area contributed by atoms with Gasteiger partial charge >= 0.3 is 0 Å². The van der Waals surface area contributed by atoms with Gasteiger partial charge in [0.2, 0.25) is 5.91 Å². The Bertz CT molecular complexity index is 1020. The fourth-order valence-electron chi connectivity index (χ4n) is 3.44. The van der Waals surface area contributed by atoms with Crippen molar-refractivity contribution in [2.24, 2.45) is 5.92 Å². The Hall–Kier alpha value is -2.41. The number of halogens is 1. The number of rotatable bonds is 4. The van der Waals surface area contributed by atoms with Gasteiger partial charge in [0, 0.05) is 23.8 Å². The van der Waals surface area contributed by atoms with Crippen molar-refractivity contribution in [1.29, 1.82) is 0 Å². The van der Waals surface area contributed by atoms with Gasteiger partial charge in [-0.15, -0.1) is 0 Å². The van der Waals surface area contributed by atoms with E-state index in [1.165, 1.54) is 19.1 Å². The number of carbonyl (C=O) groups excluding carboxylic acids is 1. The van der Waals surface area contributed by atoms with Gasteiger partial charge in [-0.3, -0.25) is 9.52 Å². The number of anilines is 2. The number of hydrogen-bond acceptors (Lipinski definition) is 3. The van der Waals surface area contributed by atoms with Crippen molar-refractivity contribution in [3.8, 4) is 0 Å². The highest BCUT2D eigenvalue weighted by molar-refractivity contribution is 7.92. The summed E-state index contributed by atoms with van der Waals surface area (Å²) >= 11 is 0. The standard InChI is InChI=1S/C20H21FN2O3S/c1-13-11-17(7-8-18(13)21)27(25,26)22-16-6-9-19-15(12-16)3-2-10-23(19)20(24)14-4-5-14/h6-9,11-12,14,22H,2-5,10H2,1H3. The number of amides is 1. The summed E-state index contributed by atoms with van der Waals surface area (Å²) in [6, 6.07) is 8.98. The van der Waals surface area contributed by atoms with Crippen molar-refractivity contribution in [3.05, 3.63) is 53.3 Å². The van der Waals surface area contributed by atoms with Gasteiger partial charge in [-0.1, -0.05) is 0 Å². The van der Waals surface area contributed by atoms with Crippen LogP contribution in [0.2, 0.25) is 0 Å². The zero-order valence-corrected chi connectivity index (χ0v) is 15.9. The van der Waals surface area contributed by atoms with Gasteiger partial charge in [0.1, 0.15) is 5.82 Å². The third-order valence-electron chi connectivity index (χ3n) is 5.08. The van der Waals surface area contributed by atoms with Crippen LogP contribution in [0.5, 0.6) is 0 Å². The zero-order valence-electron chi connectivity index (χ0n) is 15.0. The Morgan fingerprint density at radius 1 is 1.19 bits per heavy atom. The lowest BCUT2D eigenvalue weighted by molar-refractivity contribution is -0.119. The monoisotopic (exact) mass is 388 g/mol. The van der Waals surface area contributed by atoms with Gasteiger partial charge in [-0.25, -0.2) is 12.8 Å². The first-order valence-corrected chi connectivity index (χ1v) is 10.6. The smallest absolute Gasteiger partial charge is 0.261 e. The molecule has 27 heavy (non-hydrogen) atoms. The molecular weight excluding hydrogens is 367 g/mol. The SMILES string of the molecule is Cc1cc(S(=O)(=O)Nc2ccc3c(c2)CCCN3C(=O)C2CC2)ccc1F. The molecule has 0 saturated heterocycles. The number of fused-ring (bicyclic) bond motifs is 1. The molecule has 0 spiro atoms. The van der Waals surface area contributed by atoms with Gasteiger partial charge in [0.25, 0.3) is 10.0 Å². The molecule has 1 aliphatic heterocycles. The summed E-state index contributed by atoms with van der Waals surface area (Å²) in [7, 11) is -3.81. The number of benzene rings is 2. The Labute approximate surface area is 158 Å². The molecule has 0 radical (unpaired) electrons. The van der Waals surface area contributed by atoms with Crippen LogP contribution in [-0.2, 0) is 21.2 Å². The van der Waals surface area contributed by atoms with Crippen LogP contribution in [0.25, 0.3) is 0 Å². The molecule has 0 atom stereocenters. The van der Waals surface area contributed by atoms with Crippen molar-refractivity contribution < 1.29 is 17.6 Å². The Kier molecular flexibility index (Phi) is 4.42. The second-order valence-corrected chi connectivity index (χ2v) is 8.91. The molecule has 5 nitrogen and oxygen atoms in total. The highest BCUT2D eigenvalue weighted by Crippen LogP contribution is 2.36. The normalized spacial score (nSPS) is 16.7. The molecule has 4 rings (SSSR count). The maximum Gasteiger partial charge on any atom is 0.261 e. The molecule has 2 aromatic rings. The minimum atomic E-state index is -3.81. The average molecular weight is 388 g/mol. The van der Waals surface area contributed by atoms with Crippen LogP contribution in [-0.4, -0.2) is 20.9 Å². The minimum Gasteiger partial charge on any atom is -0.312 e. The summed E-state index contributed by atoms with van der Waals surface area (Å²) in [5, 5.41) is 0. The van der Waals surface area contributed by atoms with E-state index in [0.717, 1.165) is 43.0 Å². The maximum atomic E-state index is 13.4. The zero-order chi connectivity index (χ0) is 19.2. The summed E-state index contributed by atoms with van der Waals surface area (Å²) in [6.45, 7) is 2.24. The molecule has 0 bridgehead atoms. The van der Waals surface area contributed by atoms with Crippen LogP contribution in [0, 0.1) is 18.7 Å². The van der Waals surface area contributed by atoms with Crippen LogP contribution in [0.4, 0.5) is 15.8 Å². The van der Waals surface area contributed by atoms with E-state index in [1.54, 1.807) is 12.1 Å². The average Bonchev–Trinajstić information content (AvgIpc) is 3.47. The first-order valence-electron chi connectivity index (χ1n) is 9.08. The number of aryl methyl sites for hydroxylation is 2. The summed E-state index contributed by atoms with van der Waals surface area (Å²) in [5.41, 5.74) is 2.55. The highest BCUT2D eigenvalue weighted by Gasteiger charge is 2.35. The van der Waals surface area contributed by atoms with E-state index < -0.39 is 15.8 Å². The third-order valence-corrected chi connectivity index (χ3v) is 6.46. The Morgan fingerprint density at radius 2 is 1.96 bits per heavy atom.